The summed E-state index contributed by atoms with van der Waals surface area (Å²) in [7, 11) is 0. The van der Waals surface area contributed by atoms with Gasteiger partial charge in [-0.1, -0.05) is 24.3 Å². The third-order valence-electron chi connectivity index (χ3n) is 5.58. The van der Waals surface area contributed by atoms with Crippen LogP contribution >= 0.6 is 0 Å². The van der Waals surface area contributed by atoms with E-state index in [0.29, 0.717) is 24.1 Å². The molecule has 1 aliphatic carbocycles. The highest BCUT2D eigenvalue weighted by molar-refractivity contribution is 5.98. The maximum atomic E-state index is 13.1. The van der Waals surface area contributed by atoms with Crippen LogP contribution in [0.25, 0.3) is 22.0 Å². The lowest BCUT2D eigenvalue weighted by molar-refractivity contribution is 0.0943. The fourth-order valence-electron chi connectivity index (χ4n) is 3.98. The van der Waals surface area contributed by atoms with E-state index in [1.54, 1.807) is 12.1 Å². The van der Waals surface area contributed by atoms with Gasteiger partial charge in [-0.25, -0.2) is 4.39 Å². The summed E-state index contributed by atoms with van der Waals surface area (Å²) in [5.74, 6) is 0.797. The fourth-order valence-corrected chi connectivity index (χ4v) is 3.98. The Balaban J connectivity index is 1.46. The molecule has 0 aliphatic heterocycles. The van der Waals surface area contributed by atoms with Crippen LogP contribution in [0, 0.1) is 17.7 Å². The first-order valence-corrected chi connectivity index (χ1v) is 9.49. The van der Waals surface area contributed by atoms with Gasteiger partial charge in [0.15, 0.2) is 0 Å². The quantitative estimate of drug-likeness (QED) is 0.638. The first-order chi connectivity index (χ1) is 13.1. The van der Waals surface area contributed by atoms with E-state index in [1.807, 2.05) is 24.3 Å². The average Bonchev–Trinajstić information content (AvgIpc) is 3.32. The molecule has 2 atom stereocenters. The zero-order valence-electron chi connectivity index (χ0n) is 15.2. The van der Waals surface area contributed by atoms with E-state index in [9.17, 15) is 9.18 Å². The molecule has 1 aliphatic rings. The summed E-state index contributed by atoms with van der Waals surface area (Å²) in [4.78, 5) is 15.7. The molecule has 2 aromatic carbocycles. The van der Waals surface area contributed by atoms with Gasteiger partial charge in [-0.05, 0) is 73.0 Å². The van der Waals surface area contributed by atoms with Gasteiger partial charge in [0.1, 0.15) is 11.5 Å². The molecule has 0 unspecified atom stereocenters. The van der Waals surface area contributed by atoms with Crippen molar-refractivity contribution in [1.29, 1.82) is 0 Å². The zero-order valence-corrected chi connectivity index (χ0v) is 15.2. The molecule has 0 spiro atoms. The molecule has 1 saturated carbocycles. The maximum absolute atomic E-state index is 13.1. The van der Waals surface area contributed by atoms with Crippen molar-refractivity contribution in [3.8, 4) is 11.1 Å². The Labute approximate surface area is 158 Å². The van der Waals surface area contributed by atoms with Gasteiger partial charge in [0.25, 0.3) is 5.91 Å². The Morgan fingerprint density at radius 3 is 2.56 bits per heavy atom. The number of aromatic amines is 1. The van der Waals surface area contributed by atoms with Crippen LogP contribution in [-0.2, 0) is 0 Å². The van der Waals surface area contributed by atoms with Crippen molar-refractivity contribution in [2.45, 2.75) is 19.3 Å². The van der Waals surface area contributed by atoms with Crippen molar-refractivity contribution in [1.82, 2.24) is 10.3 Å². The standard InChI is InChI=1S/C22H24FN3O/c23-19-7-5-16(6-8-19)17-3-4-18-11-21(26-20(18)10-17)22(27)25-13-15-2-1-14(9-15)12-24/h3-8,10-11,14-15,26H,1-2,9,12-13,24H2,(H,25,27)/t14-,15-/m1/s1. The number of rotatable bonds is 5. The molecule has 4 N–H and O–H groups in total. The van der Waals surface area contributed by atoms with E-state index in [2.05, 4.69) is 10.3 Å². The fraction of sp³-hybridized carbons (Fsp3) is 0.318. The molecular formula is C22H24FN3O. The Morgan fingerprint density at radius 2 is 1.81 bits per heavy atom. The number of aromatic nitrogens is 1. The maximum Gasteiger partial charge on any atom is 0.267 e. The van der Waals surface area contributed by atoms with Crippen LogP contribution < -0.4 is 11.1 Å². The Hall–Kier alpha value is -2.66. The summed E-state index contributed by atoms with van der Waals surface area (Å²) in [6, 6.07) is 14.2. The lowest BCUT2D eigenvalue weighted by atomic mass is 10.0. The molecule has 4 nitrogen and oxygen atoms in total. The lowest BCUT2D eigenvalue weighted by Crippen LogP contribution is -2.28. The molecule has 5 heteroatoms. The smallest absolute Gasteiger partial charge is 0.267 e. The second-order valence-electron chi connectivity index (χ2n) is 7.48. The molecule has 4 rings (SSSR count). The average molecular weight is 365 g/mol. The first kappa shape index (κ1) is 17.7. The number of carbonyl (C=O) groups is 1. The van der Waals surface area contributed by atoms with E-state index in [1.165, 1.54) is 12.1 Å². The van der Waals surface area contributed by atoms with Crippen molar-refractivity contribution in [3.63, 3.8) is 0 Å². The molecule has 0 radical (unpaired) electrons. The van der Waals surface area contributed by atoms with Crippen LogP contribution in [0.2, 0.25) is 0 Å². The van der Waals surface area contributed by atoms with Gasteiger partial charge < -0.3 is 16.0 Å². The second-order valence-corrected chi connectivity index (χ2v) is 7.48. The van der Waals surface area contributed by atoms with Crippen molar-refractivity contribution in [3.05, 3.63) is 60.0 Å². The summed E-state index contributed by atoms with van der Waals surface area (Å²) in [5, 5.41) is 4.03. The summed E-state index contributed by atoms with van der Waals surface area (Å²) in [5.41, 5.74) is 9.12. The number of halogens is 1. The van der Waals surface area contributed by atoms with Crippen LogP contribution in [-0.4, -0.2) is 24.0 Å². The number of nitrogens with one attached hydrogen (secondary N) is 2. The van der Waals surface area contributed by atoms with Gasteiger partial charge in [0, 0.05) is 17.4 Å². The number of carbonyl (C=O) groups excluding carboxylic acids is 1. The van der Waals surface area contributed by atoms with Crippen LogP contribution in [0.4, 0.5) is 4.39 Å². The predicted molar refractivity (Wildman–Crippen MR) is 106 cm³/mol. The highest BCUT2D eigenvalue weighted by Crippen LogP contribution is 2.29. The largest absolute Gasteiger partial charge is 0.351 e. The second kappa shape index (κ2) is 7.53. The molecule has 3 aromatic rings. The van der Waals surface area contributed by atoms with Gasteiger partial charge >= 0.3 is 0 Å². The minimum atomic E-state index is -0.251. The van der Waals surface area contributed by atoms with E-state index in [-0.39, 0.29) is 11.7 Å². The molecule has 1 aromatic heterocycles. The van der Waals surface area contributed by atoms with Crippen molar-refractivity contribution < 1.29 is 9.18 Å². The Bertz CT molecular complexity index is 948. The third kappa shape index (κ3) is 3.88. The molecule has 0 bridgehead atoms. The van der Waals surface area contributed by atoms with Crippen molar-refractivity contribution in [2.24, 2.45) is 17.6 Å². The van der Waals surface area contributed by atoms with Crippen molar-refractivity contribution >= 4 is 16.8 Å². The van der Waals surface area contributed by atoms with E-state index in [4.69, 9.17) is 5.73 Å². The van der Waals surface area contributed by atoms with Gasteiger partial charge in [0.05, 0.1) is 0 Å². The van der Waals surface area contributed by atoms with Crippen LogP contribution in [0.5, 0.6) is 0 Å². The summed E-state index contributed by atoms with van der Waals surface area (Å²) >= 11 is 0. The van der Waals surface area contributed by atoms with E-state index >= 15 is 0 Å². The van der Waals surface area contributed by atoms with Gasteiger partial charge in [0.2, 0.25) is 0 Å². The number of hydrogen-bond acceptors (Lipinski definition) is 2. The van der Waals surface area contributed by atoms with Crippen LogP contribution in [0.15, 0.2) is 48.5 Å². The topological polar surface area (TPSA) is 70.9 Å². The number of nitrogens with two attached hydrogens (primary N) is 1. The van der Waals surface area contributed by atoms with Gasteiger partial charge in [-0.2, -0.15) is 0 Å². The number of fused-ring (bicyclic) bond motifs is 1. The predicted octanol–water partition coefficient (Wildman–Crippen LogP) is 4.08. The molecule has 0 saturated heterocycles. The summed E-state index contributed by atoms with van der Waals surface area (Å²) in [6.45, 7) is 1.44. The molecule has 1 fully saturated rings. The minimum absolute atomic E-state index is 0.0780. The number of H-pyrrole nitrogens is 1. The Kier molecular flexibility index (Phi) is 4.94. The van der Waals surface area contributed by atoms with Crippen LogP contribution in [0.1, 0.15) is 29.8 Å². The van der Waals surface area contributed by atoms with E-state index < -0.39 is 0 Å². The third-order valence-corrected chi connectivity index (χ3v) is 5.58. The monoisotopic (exact) mass is 365 g/mol. The highest BCUT2D eigenvalue weighted by atomic mass is 19.1. The van der Waals surface area contributed by atoms with Gasteiger partial charge in [-0.3, -0.25) is 4.79 Å². The zero-order chi connectivity index (χ0) is 18.8. The molecule has 140 valence electrons. The van der Waals surface area contributed by atoms with E-state index in [0.717, 1.165) is 47.8 Å². The molecule has 1 amide bonds. The summed E-state index contributed by atoms with van der Waals surface area (Å²) in [6.07, 6.45) is 3.40. The lowest BCUT2D eigenvalue weighted by Gasteiger charge is -2.11. The highest BCUT2D eigenvalue weighted by Gasteiger charge is 2.24. The number of hydrogen-bond donors (Lipinski definition) is 3. The first-order valence-electron chi connectivity index (χ1n) is 9.49. The molecule has 27 heavy (non-hydrogen) atoms. The normalized spacial score (nSPS) is 19.5. The summed E-state index contributed by atoms with van der Waals surface area (Å²) < 4.78 is 13.1. The number of amides is 1. The number of benzene rings is 2. The molecular weight excluding hydrogens is 341 g/mol. The van der Waals surface area contributed by atoms with Crippen LogP contribution in [0.3, 0.4) is 0 Å². The minimum Gasteiger partial charge on any atom is -0.351 e. The Morgan fingerprint density at radius 1 is 1.07 bits per heavy atom. The molecule has 1 heterocycles. The van der Waals surface area contributed by atoms with Crippen molar-refractivity contribution in [2.75, 3.05) is 13.1 Å². The van der Waals surface area contributed by atoms with Gasteiger partial charge in [-0.15, -0.1) is 0 Å². The SMILES string of the molecule is NC[C@@H]1CC[C@@H](CNC(=O)c2cc3ccc(-c4ccc(F)cc4)cc3[nH]2)C1.